The second-order valence-corrected chi connectivity index (χ2v) is 7.03. The average molecular weight is 282 g/mol. The first kappa shape index (κ1) is 13.5. The molecule has 2 aliphatic heterocycles. The molecule has 2 fully saturated rings. The lowest BCUT2D eigenvalue weighted by Gasteiger charge is -2.44. The third-order valence-electron chi connectivity index (χ3n) is 4.41. The van der Waals surface area contributed by atoms with Crippen LogP contribution in [0.2, 0.25) is 0 Å². The Labute approximate surface area is 118 Å². The van der Waals surface area contributed by atoms with Crippen molar-refractivity contribution in [1.29, 1.82) is 0 Å². The molecule has 19 heavy (non-hydrogen) atoms. The molecule has 2 saturated heterocycles. The van der Waals surface area contributed by atoms with Gasteiger partial charge in [-0.3, -0.25) is 0 Å². The average Bonchev–Trinajstić information content (AvgIpc) is 2.85. The van der Waals surface area contributed by atoms with Gasteiger partial charge in [-0.15, -0.1) is 0 Å². The van der Waals surface area contributed by atoms with E-state index in [1.54, 1.807) is 6.33 Å². The highest BCUT2D eigenvalue weighted by atomic mass is 32.2. The molecule has 0 aromatic carbocycles. The fraction of sp³-hybridized carbons (Fsp3) is 0.786. The number of aromatic nitrogens is 2. The van der Waals surface area contributed by atoms with Gasteiger partial charge in [0.15, 0.2) is 0 Å². The van der Waals surface area contributed by atoms with Crippen molar-refractivity contribution < 1.29 is 9.84 Å². The maximum Gasteiger partial charge on any atom is 0.100 e. The van der Waals surface area contributed by atoms with E-state index in [4.69, 9.17) is 4.74 Å². The molecule has 3 rings (SSSR count). The van der Waals surface area contributed by atoms with Crippen LogP contribution in [0.1, 0.15) is 37.5 Å². The first-order valence-corrected chi connectivity index (χ1v) is 8.22. The van der Waals surface area contributed by atoms with Gasteiger partial charge >= 0.3 is 0 Å². The molecule has 2 unspecified atom stereocenters. The van der Waals surface area contributed by atoms with Crippen molar-refractivity contribution in [3.05, 3.63) is 18.2 Å². The molecule has 1 aromatic rings. The maximum absolute atomic E-state index is 10.5. The monoisotopic (exact) mass is 282 g/mol. The van der Waals surface area contributed by atoms with Crippen molar-refractivity contribution in [1.82, 2.24) is 9.55 Å². The Morgan fingerprint density at radius 2 is 2.32 bits per heavy atom. The number of hydrogen-bond acceptors (Lipinski definition) is 4. The second kappa shape index (κ2) is 5.46. The van der Waals surface area contributed by atoms with E-state index >= 15 is 0 Å². The number of rotatable bonds is 2. The number of aryl methyl sites for hydroxylation is 1. The minimum Gasteiger partial charge on any atom is -0.386 e. The summed E-state index contributed by atoms with van der Waals surface area (Å²) >= 11 is 2.01. The molecule has 0 radical (unpaired) electrons. The van der Waals surface area contributed by atoms with E-state index in [2.05, 4.69) is 4.98 Å². The predicted octanol–water partition coefficient (Wildman–Crippen LogP) is 2.15. The van der Waals surface area contributed by atoms with Gasteiger partial charge < -0.3 is 14.4 Å². The normalized spacial score (nSPS) is 28.4. The highest BCUT2D eigenvalue weighted by molar-refractivity contribution is 7.99. The van der Waals surface area contributed by atoms with E-state index in [0.717, 1.165) is 38.0 Å². The van der Waals surface area contributed by atoms with Crippen LogP contribution in [-0.4, -0.2) is 38.4 Å². The largest absolute Gasteiger partial charge is 0.386 e. The summed E-state index contributed by atoms with van der Waals surface area (Å²) in [7, 11) is 1.94. The number of thioether (sulfide) groups is 1. The zero-order valence-corrected chi connectivity index (χ0v) is 12.2. The van der Waals surface area contributed by atoms with Crippen LogP contribution in [-0.2, 0) is 11.8 Å². The molecule has 3 heterocycles. The van der Waals surface area contributed by atoms with Crippen LogP contribution in [0.25, 0.3) is 0 Å². The maximum atomic E-state index is 10.5. The van der Waals surface area contributed by atoms with E-state index in [1.807, 2.05) is 29.6 Å². The zero-order valence-electron chi connectivity index (χ0n) is 11.4. The molecule has 0 aliphatic carbocycles. The van der Waals surface area contributed by atoms with Gasteiger partial charge in [-0.05, 0) is 43.1 Å². The van der Waals surface area contributed by atoms with Gasteiger partial charge in [0.1, 0.15) is 6.10 Å². The molecule has 0 bridgehead atoms. The van der Waals surface area contributed by atoms with Gasteiger partial charge in [-0.25, -0.2) is 4.98 Å². The van der Waals surface area contributed by atoms with Crippen LogP contribution < -0.4 is 0 Å². The SMILES string of the molecule is Cn1cnc(C(O)C2CCOC3(CCSCC3)C2)c1. The first-order chi connectivity index (χ1) is 9.19. The Morgan fingerprint density at radius 3 is 3.00 bits per heavy atom. The summed E-state index contributed by atoms with van der Waals surface area (Å²) in [6.45, 7) is 0.777. The molecule has 0 amide bonds. The minimum absolute atomic E-state index is 0.0317. The van der Waals surface area contributed by atoms with Gasteiger partial charge in [0.2, 0.25) is 0 Å². The lowest BCUT2D eigenvalue weighted by molar-refractivity contribution is -0.121. The van der Waals surface area contributed by atoms with Gasteiger partial charge in [-0.2, -0.15) is 11.8 Å². The third kappa shape index (κ3) is 2.83. The van der Waals surface area contributed by atoms with Gasteiger partial charge in [0.05, 0.1) is 17.6 Å². The molecule has 2 aliphatic rings. The molecule has 2 atom stereocenters. The second-order valence-electron chi connectivity index (χ2n) is 5.81. The molecule has 1 spiro atoms. The van der Waals surface area contributed by atoms with Crippen LogP contribution in [0.15, 0.2) is 12.5 Å². The lowest BCUT2D eigenvalue weighted by atomic mass is 9.79. The van der Waals surface area contributed by atoms with Crippen LogP contribution in [0.4, 0.5) is 0 Å². The number of nitrogens with zero attached hydrogens (tertiary/aromatic N) is 2. The van der Waals surface area contributed by atoms with E-state index < -0.39 is 6.10 Å². The number of imidazole rings is 1. The highest BCUT2D eigenvalue weighted by Gasteiger charge is 2.41. The minimum atomic E-state index is -0.448. The quantitative estimate of drug-likeness (QED) is 0.903. The predicted molar refractivity (Wildman–Crippen MR) is 76.1 cm³/mol. The van der Waals surface area contributed by atoms with E-state index in [0.29, 0.717) is 0 Å². The zero-order chi connectivity index (χ0) is 13.3. The summed E-state index contributed by atoms with van der Waals surface area (Å²) in [5.41, 5.74) is 0.832. The van der Waals surface area contributed by atoms with Crippen molar-refractivity contribution in [2.24, 2.45) is 13.0 Å². The Kier molecular flexibility index (Phi) is 3.87. The van der Waals surface area contributed by atoms with Crippen molar-refractivity contribution in [3.8, 4) is 0 Å². The van der Waals surface area contributed by atoms with E-state index in [-0.39, 0.29) is 11.5 Å². The fourth-order valence-electron chi connectivity index (χ4n) is 3.25. The molecular formula is C14H22N2O2S. The van der Waals surface area contributed by atoms with Crippen molar-refractivity contribution >= 4 is 11.8 Å². The third-order valence-corrected chi connectivity index (χ3v) is 5.40. The standard InChI is InChI=1S/C14H22N2O2S/c1-16-9-12(15-10-16)13(17)11-2-5-18-14(8-11)3-6-19-7-4-14/h9-11,13,17H,2-8H2,1H3. The van der Waals surface area contributed by atoms with E-state index in [9.17, 15) is 5.11 Å². The number of aliphatic hydroxyl groups is 1. The number of hydrogen-bond donors (Lipinski definition) is 1. The summed E-state index contributed by atoms with van der Waals surface area (Å²) in [6.07, 6.45) is 7.40. The number of aliphatic hydroxyl groups excluding tert-OH is 1. The molecule has 1 N–H and O–H groups in total. The van der Waals surface area contributed by atoms with Crippen molar-refractivity contribution in [3.63, 3.8) is 0 Å². The Balaban J connectivity index is 1.70. The summed E-state index contributed by atoms with van der Waals surface area (Å²) in [5.74, 6) is 2.66. The van der Waals surface area contributed by atoms with E-state index in [1.165, 1.54) is 11.5 Å². The smallest absolute Gasteiger partial charge is 0.100 e. The van der Waals surface area contributed by atoms with Gasteiger partial charge in [0.25, 0.3) is 0 Å². The van der Waals surface area contributed by atoms with Crippen LogP contribution >= 0.6 is 11.8 Å². The Bertz CT molecular complexity index is 423. The topological polar surface area (TPSA) is 47.3 Å². The molecule has 4 nitrogen and oxygen atoms in total. The molecule has 5 heteroatoms. The van der Waals surface area contributed by atoms with Gasteiger partial charge in [0, 0.05) is 19.9 Å². The Hall–Kier alpha value is -0.520. The van der Waals surface area contributed by atoms with Crippen LogP contribution in [0, 0.1) is 5.92 Å². The van der Waals surface area contributed by atoms with Crippen molar-refractivity contribution in [2.45, 2.75) is 37.4 Å². The number of ether oxygens (including phenoxy) is 1. The summed E-state index contributed by atoms with van der Waals surface area (Å²) < 4.78 is 7.97. The molecule has 106 valence electrons. The molecular weight excluding hydrogens is 260 g/mol. The molecule has 1 aromatic heterocycles. The Morgan fingerprint density at radius 1 is 1.53 bits per heavy atom. The van der Waals surface area contributed by atoms with Crippen LogP contribution in [0.3, 0.4) is 0 Å². The fourth-order valence-corrected chi connectivity index (χ4v) is 4.49. The van der Waals surface area contributed by atoms with Gasteiger partial charge in [-0.1, -0.05) is 0 Å². The summed E-state index contributed by atoms with van der Waals surface area (Å²) in [6, 6.07) is 0. The first-order valence-electron chi connectivity index (χ1n) is 7.06. The highest BCUT2D eigenvalue weighted by Crippen LogP contribution is 2.43. The summed E-state index contributed by atoms with van der Waals surface area (Å²) in [5, 5.41) is 10.5. The van der Waals surface area contributed by atoms with Crippen molar-refractivity contribution in [2.75, 3.05) is 18.1 Å². The van der Waals surface area contributed by atoms with Crippen LogP contribution in [0.5, 0.6) is 0 Å². The lowest BCUT2D eigenvalue weighted by Crippen LogP contribution is -2.44. The summed E-state index contributed by atoms with van der Waals surface area (Å²) in [4.78, 5) is 4.29. The molecule has 0 saturated carbocycles.